The van der Waals surface area contributed by atoms with E-state index in [0.717, 1.165) is 53.6 Å². The van der Waals surface area contributed by atoms with Crippen LogP contribution in [-0.4, -0.2) is 39.7 Å². The van der Waals surface area contributed by atoms with Crippen LogP contribution < -0.4 is 5.32 Å². The Hall–Kier alpha value is -0.330. The van der Waals surface area contributed by atoms with Crippen molar-refractivity contribution in [1.82, 2.24) is 9.97 Å². The molecule has 18 heavy (non-hydrogen) atoms. The Kier molecular flexibility index (Phi) is 8.37. The number of nitrogens with zero attached hydrogens (tertiary/aromatic N) is 2. The van der Waals surface area contributed by atoms with Crippen LogP contribution in [-0.2, 0) is 6.42 Å². The molecule has 1 heterocycles. The molecule has 102 valence electrons. The zero-order valence-corrected chi connectivity index (χ0v) is 13.1. The van der Waals surface area contributed by atoms with Gasteiger partial charge in [-0.1, -0.05) is 6.92 Å². The molecule has 0 radical (unpaired) electrons. The lowest BCUT2D eigenvalue weighted by Crippen LogP contribution is -2.08. The average molecular weight is 334 g/mol. The standard InChI is InChI=1S/C12H20BrN3OS/c1-2-4-11-15-10(13)9-12(16-11)14-5-8-18-7-3-6-17/h9,17H,2-8H2,1H3,(H,14,15,16). The Morgan fingerprint density at radius 3 is 2.94 bits per heavy atom. The van der Waals surface area contributed by atoms with E-state index >= 15 is 0 Å². The van der Waals surface area contributed by atoms with E-state index in [9.17, 15) is 0 Å². The van der Waals surface area contributed by atoms with Gasteiger partial charge in [-0.15, -0.1) is 0 Å². The number of hydrogen-bond acceptors (Lipinski definition) is 5. The predicted molar refractivity (Wildman–Crippen MR) is 81.2 cm³/mol. The van der Waals surface area contributed by atoms with Crippen molar-refractivity contribution in [3.8, 4) is 0 Å². The fourth-order valence-corrected chi connectivity index (χ4v) is 2.62. The molecule has 1 aromatic rings. The lowest BCUT2D eigenvalue weighted by atomic mass is 10.3. The second kappa shape index (κ2) is 9.58. The zero-order chi connectivity index (χ0) is 13.2. The van der Waals surface area contributed by atoms with Gasteiger partial charge in [0.15, 0.2) is 0 Å². The first kappa shape index (κ1) is 15.7. The van der Waals surface area contributed by atoms with Crippen molar-refractivity contribution in [3.63, 3.8) is 0 Å². The fourth-order valence-electron chi connectivity index (χ4n) is 1.41. The molecule has 0 saturated heterocycles. The summed E-state index contributed by atoms with van der Waals surface area (Å²) in [5.74, 6) is 3.78. The van der Waals surface area contributed by atoms with E-state index in [1.807, 2.05) is 17.8 Å². The van der Waals surface area contributed by atoms with Crippen LogP contribution >= 0.6 is 27.7 Å². The molecule has 0 amide bonds. The molecular weight excluding hydrogens is 314 g/mol. The van der Waals surface area contributed by atoms with Crippen LogP contribution in [0.2, 0.25) is 0 Å². The van der Waals surface area contributed by atoms with Gasteiger partial charge in [-0.2, -0.15) is 11.8 Å². The van der Waals surface area contributed by atoms with E-state index in [0.29, 0.717) is 0 Å². The first-order valence-electron chi connectivity index (χ1n) is 6.22. The predicted octanol–water partition coefficient (Wildman–Crippen LogP) is 2.72. The Morgan fingerprint density at radius 2 is 2.22 bits per heavy atom. The lowest BCUT2D eigenvalue weighted by Gasteiger charge is -2.07. The van der Waals surface area contributed by atoms with Crippen molar-refractivity contribution < 1.29 is 5.11 Å². The number of aliphatic hydroxyl groups excluding tert-OH is 1. The number of nitrogens with one attached hydrogen (secondary N) is 1. The molecule has 0 unspecified atom stereocenters. The Labute approximate surface area is 121 Å². The molecule has 0 aliphatic heterocycles. The smallest absolute Gasteiger partial charge is 0.132 e. The molecular formula is C12H20BrN3OS. The number of rotatable bonds is 9. The van der Waals surface area contributed by atoms with Gasteiger partial charge in [-0.05, 0) is 34.5 Å². The molecule has 0 aliphatic carbocycles. The van der Waals surface area contributed by atoms with Gasteiger partial charge < -0.3 is 10.4 Å². The Morgan fingerprint density at radius 1 is 1.39 bits per heavy atom. The van der Waals surface area contributed by atoms with Crippen molar-refractivity contribution in [2.24, 2.45) is 0 Å². The van der Waals surface area contributed by atoms with E-state index in [1.54, 1.807) is 0 Å². The minimum atomic E-state index is 0.277. The van der Waals surface area contributed by atoms with Crippen molar-refractivity contribution >= 4 is 33.5 Å². The maximum Gasteiger partial charge on any atom is 0.132 e. The van der Waals surface area contributed by atoms with Gasteiger partial charge in [0.2, 0.25) is 0 Å². The summed E-state index contributed by atoms with van der Waals surface area (Å²) in [4.78, 5) is 8.78. The first-order chi connectivity index (χ1) is 8.76. The van der Waals surface area contributed by atoms with Crippen LogP contribution in [0.4, 0.5) is 5.82 Å². The van der Waals surface area contributed by atoms with Gasteiger partial charge in [0.05, 0.1) is 0 Å². The first-order valence-corrected chi connectivity index (χ1v) is 8.17. The van der Waals surface area contributed by atoms with Crippen LogP contribution in [0, 0.1) is 0 Å². The summed E-state index contributed by atoms with van der Waals surface area (Å²) >= 11 is 5.24. The number of aromatic nitrogens is 2. The quantitative estimate of drug-likeness (QED) is 0.537. The van der Waals surface area contributed by atoms with Crippen molar-refractivity contribution in [2.45, 2.75) is 26.2 Å². The number of aliphatic hydroxyl groups is 1. The van der Waals surface area contributed by atoms with Crippen molar-refractivity contribution in [1.29, 1.82) is 0 Å². The third-order valence-corrected chi connectivity index (χ3v) is 3.69. The molecule has 0 spiro atoms. The molecule has 0 bridgehead atoms. The summed E-state index contributed by atoms with van der Waals surface area (Å²) in [7, 11) is 0. The van der Waals surface area contributed by atoms with E-state index < -0.39 is 0 Å². The van der Waals surface area contributed by atoms with Gasteiger partial charge in [0.25, 0.3) is 0 Å². The normalized spacial score (nSPS) is 10.6. The number of anilines is 1. The summed E-state index contributed by atoms with van der Waals surface area (Å²) in [5.41, 5.74) is 0. The molecule has 0 atom stereocenters. The molecule has 0 aliphatic rings. The van der Waals surface area contributed by atoms with E-state index in [4.69, 9.17) is 5.11 Å². The van der Waals surface area contributed by atoms with Crippen LogP contribution in [0.3, 0.4) is 0 Å². The summed E-state index contributed by atoms with van der Waals surface area (Å²) in [6.45, 7) is 3.28. The minimum Gasteiger partial charge on any atom is -0.396 e. The van der Waals surface area contributed by atoms with Crippen LogP contribution in [0.25, 0.3) is 0 Å². The van der Waals surface area contributed by atoms with Gasteiger partial charge in [0, 0.05) is 31.4 Å². The average Bonchev–Trinajstić information content (AvgIpc) is 2.33. The summed E-state index contributed by atoms with van der Waals surface area (Å²) < 4.78 is 0.830. The third kappa shape index (κ3) is 6.56. The maximum atomic E-state index is 8.66. The zero-order valence-electron chi connectivity index (χ0n) is 10.7. The van der Waals surface area contributed by atoms with Crippen molar-refractivity contribution in [2.75, 3.05) is 30.0 Å². The molecule has 1 rings (SSSR count). The Balaban J connectivity index is 2.32. The number of thioether (sulfide) groups is 1. The summed E-state index contributed by atoms with van der Waals surface area (Å²) in [6, 6.07) is 1.90. The molecule has 0 saturated carbocycles. The number of halogens is 1. The molecule has 0 fully saturated rings. The van der Waals surface area contributed by atoms with Gasteiger partial charge in [-0.25, -0.2) is 9.97 Å². The molecule has 6 heteroatoms. The third-order valence-electron chi connectivity index (χ3n) is 2.21. The molecule has 4 nitrogen and oxygen atoms in total. The van der Waals surface area contributed by atoms with Gasteiger partial charge in [-0.3, -0.25) is 0 Å². The highest BCUT2D eigenvalue weighted by Gasteiger charge is 2.01. The molecule has 1 aromatic heterocycles. The van der Waals surface area contributed by atoms with Crippen LogP contribution in [0.5, 0.6) is 0 Å². The second-order valence-electron chi connectivity index (χ2n) is 3.86. The van der Waals surface area contributed by atoms with E-state index in [-0.39, 0.29) is 6.61 Å². The van der Waals surface area contributed by atoms with Gasteiger partial charge in [0.1, 0.15) is 16.2 Å². The van der Waals surface area contributed by atoms with Gasteiger partial charge >= 0.3 is 0 Å². The molecule has 2 N–H and O–H groups in total. The lowest BCUT2D eigenvalue weighted by molar-refractivity contribution is 0.296. The monoisotopic (exact) mass is 333 g/mol. The SMILES string of the molecule is CCCc1nc(Br)cc(NCCSCCCO)n1. The topological polar surface area (TPSA) is 58.0 Å². The van der Waals surface area contributed by atoms with E-state index in [1.165, 1.54) is 0 Å². The summed E-state index contributed by atoms with van der Waals surface area (Å²) in [5, 5.41) is 12.0. The largest absolute Gasteiger partial charge is 0.396 e. The highest BCUT2D eigenvalue weighted by atomic mass is 79.9. The van der Waals surface area contributed by atoms with E-state index in [2.05, 4.69) is 38.1 Å². The Bertz CT molecular complexity index is 352. The van der Waals surface area contributed by atoms with Crippen molar-refractivity contribution in [3.05, 3.63) is 16.5 Å². The highest BCUT2D eigenvalue weighted by Crippen LogP contribution is 2.13. The number of hydrogen-bond donors (Lipinski definition) is 2. The van der Waals surface area contributed by atoms with Crippen LogP contribution in [0.1, 0.15) is 25.6 Å². The molecule has 0 aromatic carbocycles. The highest BCUT2D eigenvalue weighted by molar-refractivity contribution is 9.10. The summed E-state index contributed by atoms with van der Waals surface area (Å²) in [6.07, 6.45) is 2.82. The second-order valence-corrected chi connectivity index (χ2v) is 5.90. The fraction of sp³-hybridized carbons (Fsp3) is 0.667. The minimum absolute atomic E-state index is 0.277. The maximum absolute atomic E-state index is 8.66. The number of aryl methyl sites for hydroxylation is 1. The van der Waals surface area contributed by atoms with Crippen LogP contribution in [0.15, 0.2) is 10.7 Å².